The standard InChI is InChI=1S/C17H30N2O3/c1-13(22-15-9-4-2-3-5-10-15)17(21)19-11-7-6-8-14(19)12-16(18)20/h13-15H,2-12H2,1H3,(H2,18,20). The van der Waals surface area contributed by atoms with Crippen LogP contribution in [0.15, 0.2) is 0 Å². The molecular weight excluding hydrogens is 280 g/mol. The largest absolute Gasteiger partial charge is 0.370 e. The van der Waals surface area contributed by atoms with Gasteiger partial charge in [-0.05, 0) is 39.0 Å². The normalized spacial score (nSPS) is 25.5. The second-order valence-corrected chi connectivity index (χ2v) is 6.74. The Kier molecular flexibility index (Phi) is 6.68. The first kappa shape index (κ1) is 17.3. The lowest BCUT2D eigenvalue weighted by atomic mass is 9.98. The second-order valence-electron chi connectivity index (χ2n) is 6.74. The lowest BCUT2D eigenvalue weighted by Gasteiger charge is -2.37. The molecule has 0 aromatic heterocycles. The Morgan fingerprint density at radius 2 is 1.73 bits per heavy atom. The van der Waals surface area contributed by atoms with Crippen molar-refractivity contribution in [1.82, 2.24) is 4.90 Å². The minimum Gasteiger partial charge on any atom is -0.370 e. The maximum atomic E-state index is 12.7. The van der Waals surface area contributed by atoms with Crippen LogP contribution >= 0.6 is 0 Å². The lowest BCUT2D eigenvalue weighted by molar-refractivity contribution is -0.151. The van der Waals surface area contributed by atoms with Crippen LogP contribution in [0.4, 0.5) is 0 Å². The molecule has 2 rings (SSSR count). The predicted molar refractivity (Wildman–Crippen MR) is 85.2 cm³/mol. The van der Waals surface area contributed by atoms with E-state index in [1.54, 1.807) is 0 Å². The fourth-order valence-corrected chi connectivity index (χ4v) is 3.69. The molecule has 2 amide bonds. The van der Waals surface area contributed by atoms with Gasteiger partial charge in [-0.25, -0.2) is 0 Å². The Morgan fingerprint density at radius 3 is 2.36 bits per heavy atom. The Balaban J connectivity index is 1.90. The first-order chi connectivity index (χ1) is 10.6. The Morgan fingerprint density at radius 1 is 1.09 bits per heavy atom. The zero-order valence-corrected chi connectivity index (χ0v) is 13.8. The van der Waals surface area contributed by atoms with E-state index in [4.69, 9.17) is 10.5 Å². The molecule has 2 aliphatic rings. The molecule has 2 atom stereocenters. The van der Waals surface area contributed by atoms with E-state index in [1.165, 1.54) is 25.7 Å². The van der Waals surface area contributed by atoms with E-state index >= 15 is 0 Å². The minimum atomic E-state index is -0.420. The van der Waals surface area contributed by atoms with Crippen molar-refractivity contribution in [3.63, 3.8) is 0 Å². The summed E-state index contributed by atoms with van der Waals surface area (Å²) >= 11 is 0. The van der Waals surface area contributed by atoms with Crippen LogP contribution in [0.5, 0.6) is 0 Å². The Bertz CT molecular complexity index is 378. The highest BCUT2D eigenvalue weighted by Gasteiger charge is 2.32. The summed E-state index contributed by atoms with van der Waals surface area (Å²) in [5.74, 6) is -0.308. The van der Waals surface area contributed by atoms with E-state index in [1.807, 2.05) is 11.8 Å². The first-order valence-electron chi connectivity index (χ1n) is 8.82. The topological polar surface area (TPSA) is 72.6 Å². The third kappa shape index (κ3) is 4.97. The number of primary amides is 1. The van der Waals surface area contributed by atoms with Gasteiger partial charge >= 0.3 is 0 Å². The van der Waals surface area contributed by atoms with Gasteiger partial charge in [-0.15, -0.1) is 0 Å². The predicted octanol–water partition coefficient (Wildman–Crippen LogP) is 2.37. The third-order valence-corrected chi connectivity index (χ3v) is 4.89. The number of nitrogens with two attached hydrogens (primary N) is 1. The summed E-state index contributed by atoms with van der Waals surface area (Å²) in [6.45, 7) is 2.57. The number of rotatable bonds is 5. The molecule has 0 bridgehead atoms. The summed E-state index contributed by atoms with van der Waals surface area (Å²) in [6, 6.07) is -0.0427. The summed E-state index contributed by atoms with van der Waals surface area (Å²) < 4.78 is 6.03. The smallest absolute Gasteiger partial charge is 0.251 e. The maximum Gasteiger partial charge on any atom is 0.251 e. The highest BCUT2D eigenvalue weighted by molar-refractivity contribution is 5.82. The average Bonchev–Trinajstić information content (AvgIpc) is 2.75. The van der Waals surface area contributed by atoms with E-state index in [-0.39, 0.29) is 30.4 Å². The molecule has 2 fully saturated rings. The molecule has 0 spiro atoms. The number of hydrogen-bond donors (Lipinski definition) is 1. The van der Waals surface area contributed by atoms with E-state index in [0.717, 1.165) is 38.6 Å². The molecule has 22 heavy (non-hydrogen) atoms. The van der Waals surface area contributed by atoms with Gasteiger partial charge in [0.2, 0.25) is 5.91 Å². The van der Waals surface area contributed by atoms with E-state index in [0.29, 0.717) is 0 Å². The molecule has 126 valence electrons. The molecule has 1 heterocycles. The summed E-state index contributed by atoms with van der Waals surface area (Å²) in [7, 11) is 0. The van der Waals surface area contributed by atoms with Gasteiger partial charge in [-0.1, -0.05) is 25.7 Å². The molecule has 2 N–H and O–H groups in total. The number of piperidine rings is 1. The maximum absolute atomic E-state index is 12.7. The van der Waals surface area contributed by atoms with Crippen LogP contribution in [0, 0.1) is 0 Å². The Hall–Kier alpha value is -1.10. The van der Waals surface area contributed by atoms with Gasteiger partial charge in [0.25, 0.3) is 5.91 Å². The lowest BCUT2D eigenvalue weighted by Crippen LogP contribution is -2.49. The van der Waals surface area contributed by atoms with Gasteiger partial charge in [-0.3, -0.25) is 9.59 Å². The fraction of sp³-hybridized carbons (Fsp3) is 0.882. The number of carbonyl (C=O) groups is 2. The number of amides is 2. The van der Waals surface area contributed by atoms with Crippen molar-refractivity contribution in [2.45, 2.75) is 89.4 Å². The molecule has 2 unspecified atom stereocenters. The molecule has 0 aromatic carbocycles. The zero-order chi connectivity index (χ0) is 15.9. The molecule has 5 heteroatoms. The molecule has 1 saturated heterocycles. The van der Waals surface area contributed by atoms with Crippen LogP contribution in [0.25, 0.3) is 0 Å². The summed E-state index contributed by atoms with van der Waals surface area (Å²) in [5.41, 5.74) is 5.32. The van der Waals surface area contributed by atoms with Gasteiger partial charge < -0.3 is 15.4 Å². The van der Waals surface area contributed by atoms with Gasteiger partial charge in [-0.2, -0.15) is 0 Å². The summed E-state index contributed by atoms with van der Waals surface area (Å²) in [4.78, 5) is 25.7. The highest BCUT2D eigenvalue weighted by atomic mass is 16.5. The molecule has 0 aromatic rings. The van der Waals surface area contributed by atoms with Crippen LogP contribution in [-0.2, 0) is 14.3 Å². The number of hydrogen-bond acceptors (Lipinski definition) is 3. The number of likely N-dealkylation sites (tertiary alicyclic amines) is 1. The van der Waals surface area contributed by atoms with Gasteiger partial charge in [0, 0.05) is 19.0 Å². The monoisotopic (exact) mass is 310 g/mol. The summed E-state index contributed by atoms with van der Waals surface area (Å²) in [5, 5.41) is 0. The van der Waals surface area contributed by atoms with E-state index < -0.39 is 6.10 Å². The number of ether oxygens (including phenoxy) is 1. The van der Waals surface area contributed by atoms with Gasteiger partial charge in [0.05, 0.1) is 6.10 Å². The molecule has 1 aliphatic heterocycles. The molecule has 1 aliphatic carbocycles. The van der Waals surface area contributed by atoms with Crippen molar-refractivity contribution < 1.29 is 14.3 Å². The number of carbonyl (C=O) groups excluding carboxylic acids is 2. The van der Waals surface area contributed by atoms with Gasteiger partial charge in [0.1, 0.15) is 6.10 Å². The molecule has 0 radical (unpaired) electrons. The third-order valence-electron chi connectivity index (χ3n) is 4.89. The molecule has 5 nitrogen and oxygen atoms in total. The summed E-state index contributed by atoms with van der Waals surface area (Å²) in [6.07, 6.45) is 10.0. The van der Waals surface area contributed by atoms with Crippen LogP contribution in [0.3, 0.4) is 0 Å². The highest BCUT2D eigenvalue weighted by Crippen LogP contribution is 2.24. The van der Waals surface area contributed by atoms with Crippen LogP contribution < -0.4 is 5.73 Å². The first-order valence-corrected chi connectivity index (χ1v) is 8.82. The number of nitrogens with zero attached hydrogens (tertiary/aromatic N) is 1. The van der Waals surface area contributed by atoms with Crippen molar-refractivity contribution >= 4 is 11.8 Å². The molecular formula is C17H30N2O3. The van der Waals surface area contributed by atoms with Crippen molar-refractivity contribution in [2.24, 2.45) is 5.73 Å². The minimum absolute atomic E-state index is 0.0233. The Labute approximate surface area is 133 Å². The quantitative estimate of drug-likeness (QED) is 0.792. The van der Waals surface area contributed by atoms with Crippen LogP contribution in [-0.4, -0.2) is 41.5 Å². The van der Waals surface area contributed by atoms with Crippen molar-refractivity contribution in [3.05, 3.63) is 0 Å². The van der Waals surface area contributed by atoms with E-state index in [9.17, 15) is 9.59 Å². The second kappa shape index (κ2) is 8.51. The van der Waals surface area contributed by atoms with Crippen LogP contribution in [0.2, 0.25) is 0 Å². The van der Waals surface area contributed by atoms with Crippen molar-refractivity contribution in [1.29, 1.82) is 0 Å². The SMILES string of the molecule is CC(OC1CCCCCC1)C(=O)N1CCCCC1CC(N)=O. The zero-order valence-electron chi connectivity index (χ0n) is 13.8. The average molecular weight is 310 g/mol. The van der Waals surface area contributed by atoms with Gasteiger partial charge in [0.15, 0.2) is 0 Å². The van der Waals surface area contributed by atoms with Crippen molar-refractivity contribution in [2.75, 3.05) is 6.54 Å². The van der Waals surface area contributed by atoms with Crippen LogP contribution in [0.1, 0.15) is 71.1 Å². The fourth-order valence-electron chi connectivity index (χ4n) is 3.69. The molecule has 1 saturated carbocycles. The van der Waals surface area contributed by atoms with Crippen molar-refractivity contribution in [3.8, 4) is 0 Å². The van der Waals surface area contributed by atoms with E-state index in [2.05, 4.69) is 0 Å².